The highest BCUT2D eigenvalue weighted by molar-refractivity contribution is 5.71. The van der Waals surface area contributed by atoms with Crippen LogP contribution in [0.15, 0.2) is 24.4 Å². The normalized spacial score (nSPS) is 10.3. The molecule has 1 aromatic carbocycles. The number of rotatable bonds is 2. The molecule has 0 radical (unpaired) electrons. The molecule has 0 amide bonds. The molecule has 1 heterocycles. The molecule has 0 aliphatic carbocycles. The zero-order valence-electron chi connectivity index (χ0n) is 7.50. The predicted octanol–water partition coefficient (Wildman–Crippen LogP) is 2.17. The van der Waals surface area contributed by atoms with Gasteiger partial charge in [-0.1, -0.05) is 0 Å². The first kappa shape index (κ1) is 9.51. The summed E-state index contributed by atoms with van der Waals surface area (Å²) in [6.07, 6.45) is 1.78. The Labute approximate surface area is 83.8 Å². The van der Waals surface area contributed by atoms with Crippen LogP contribution in [0, 0.1) is 11.6 Å². The van der Waals surface area contributed by atoms with E-state index in [9.17, 15) is 13.6 Å². The lowest BCUT2D eigenvalue weighted by Gasteiger charge is -1.99. The summed E-state index contributed by atoms with van der Waals surface area (Å²) in [6, 6.07) is 3.08. The predicted molar refractivity (Wildman–Crippen MR) is 49.3 cm³/mol. The summed E-state index contributed by atoms with van der Waals surface area (Å²) < 4.78 is 26.1. The van der Waals surface area contributed by atoms with Crippen LogP contribution in [0.2, 0.25) is 0 Å². The lowest BCUT2D eigenvalue weighted by atomic mass is 10.1. The molecule has 3 nitrogen and oxygen atoms in total. The second kappa shape index (κ2) is 3.61. The highest BCUT2D eigenvalue weighted by atomic mass is 19.1. The van der Waals surface area contributed by atoms with E-state index in [4.69, 9.17) is 0 Å². The minimum Gasteiger partial charge on any atom is -0.336 e. The summed E-state index contributed by atoms with van der Waals surface area (Å²) in [5.74, 6) is -1.04. The Morgan fingerprint density at radius 3 is 2.80 bits per heavy atom. The molecule has 0 atom stereocenters. The number of H-pyrrole nitrogens is 1. The van der Waals surface area contributed by atoms with Crippen LogP contribution < -0.4 is 0 Å². The molecule has 0 aliphatic heterocycles. The van der Waals surface area contributed by atoms with E-state index in [2.05, 4.69) is 9.97 Å². The lowest BCUT2D eigenvalue weighted by Crippen LogP contribution is -1.87. The quantitative estimate of drug-likeness (QED) is 0.768. The van der Waals surface area contributed by atoms with Crippen LogP contribution in [0.3, 0.4) is 0 Å². The van der Waals surface area contributed by atoms with Gasteiger partial charge >= 0.3 is 0 Å². The zero-order valence-corrected chi connectivity index (χ0v) is 7.50. The molecule has 15 heavy (non-hydrogen) atoms. The molecular weight excluding hydrogens is 202 g/mol. The molecule has 76 valence electrons. The van der Waals surface area contributed by atoms with Crippen molar-refractivity contribution in [2.24, 2.45) is 0 Å². The Balaban J connectivity index is 2.52. The minimum absolute atomic E-state index is 0.0515. The number of imidazole rings is 1. The van der Waals surface area contributed by atoms with Gasteiger partial charge in [0.2, 0.25) is 0 Å². The first-order chi connectivity index (χ1) is 7.20. The summed E-state index contributed by atoms with van der Waals surface area (Å²) in [5.41, 5.74) is 0.324. The number of halogens is 2. The van der Waals surface area contributed by atoms with Gasteiger partial charge in [-0.3, -0.25) is 4.79 Å². The summed E-state index contributed by atoms with van der Waals surface area (Å²) >= 11 is 0. The lowest BCUT2D eigenvalue weighted by molar-refractivity contribution is 0.111. The first-order valence-electron chi connectivity index (χ1n) is 4.16. The molecule has 0 unspecified atom stereocenters. The number of hydrogen-bond donors (Lipinski definition) is 1. The van der Waals surface area contributed by atoms with Crippen molar-refractivity contribution < 1.29 is 13.6 Å². The maximum Gasteiger partial charge on any atom is 0.185 e. The maximum absolute atomic E-state index is 13.3. The van der Waals surface area contributed by atoms with Crippen LogP contribution in [0.1, 0.15) is 10.6 Å². The highest BCUT2D eigenvalue weighted by Gasteiger charge is 2.09. The van der Waals surface area contributed by atoms with Gasteiger partial charge in [0.05, 0.1) is 11.9 Å². The second-order valence-corrected chi connectivity index (χ2v) is 2.92. The van der Waals surface area contributed by atoms with Gasteiger partial charge in [-0.05, 0) is 18.2 Å². The second-order valence-electron chi connectivity index (χ2n) is 2.92. The van der Waals surface area contributed by atoms with Crippen LogP contribution in [-0.4, -0.2) is 16.3 Å². The molecule has 2 rings (SSSR count). The summed E-state index contributed by atoms with van der Waals surface area (Å²) in [5, 5.41) is 0. The third kappa shape index (κ3) is 1.76. The monoisotopic (exact) mass is 208 g/mol. The molecule has 1 aromatic heterocycles. The van der Waals surface area contributed by atoms with Crippen LogP contribution in [-0.2, 0) is 0 Å². The molecule has 0 spiro atoms. The number of benzene rings is 1. The van der Waals surface area contributed by atoms with Gasteiger partial charge in [0.1, 0.15) is 11.6 Å². The van der Waals surface area contributed by atoms with Crippen LogP contribution >= 0.6 is 0 Å². The number of nitrogens with one attached hydrogen (secondary N) is 1. The van der Waals surface area contributed by atoms with Crippen LogP contribution in [0.5, 0.6) is 0 Å². The van der Waals surface area contributed by atoms with E-state index in [0.29, 0.717) is 6.29 Å². The fourth-order valence-electron chi connectivity index (χ4n) is 1.24. The van der Waals surface area contributed by atoms with Gasteiger partial charge in [0.15, 0.2) is 12.1 Å². The fourth-order valence-corrected chi connectivity index (χ4v) is 1.24. The van der Waals surface area contributed by atoms with Gasteiger partial charge in [-0.25, -0.2) is 13.8 Å². The molecule has 0 saturated carbocycles. The molecule has 5 heteroatoms. The number of hydrogen-bond acceptors (Lipinski definition) is 2. The Kier molecular flexibility index (Phi) is 2.29. The summed E-state index contributed by atoms with van der Waals surface area (Å²) in [6.45, 7) is 0. The van der Waals surface area contributed by atoms with Gasteiger partial charge in [0, 0.05) is 5.56 Å². The Morgan fingerprint density at radius 1 is 1.33 bits per heavy atom. The average Bonchev–Trinajstić information content (AvgIpc) is 2.70. The van der Waals surface area contributed by atoms with E-state index >= 15 is 0 Å². The molecule has 0 aliphatic rings. The molecule has 0 fully saturated rings. The zero-order chi connectivity index (χ0) is 10.8. The van der Waals surface area contributed by atoms with E-state index in [0.717, 1.165) is 18.2 Å². The molecule has 1 N–H and O–H groups in total. The summed E-state index contributed by atoms with van der Waals surface area (Å²) in [4.78, 5) is 16.6. The molecule has 0 saturated heterocycles. The van der Waals surface area contributed by atoms with Crippen molar-refractivity contribution in [2.45, 2.75) is 0 Å². The van der Waals surface area contributed by atoms with Gasteiger partial charge < -0.3 is 4.98 Å². The Hall–Kier alpha value is -2.04. The Morgan fingerprint density at radius 2 is 2.13 bits per heavy atom. The van der Waals surface area contributed by atoms with Crippen molar-refractivity contribution >= 4 is 6.29 Å². The number of aromatic nitrogens is 2. The number of nitrogens with zero attached hydrogens (tertiary/aromatic N) is 1. The third-order valence-electron chi connectivity index (χ3n) is 1.93. The first-order valence-corrected chi connectivity index (χ1v) is 4.16. The van der Waals surface area contributed by atoms with Crippen molar-refractivity contribution in [3.8, 4) is 11.3 Å². The highest BCUT2D eigenvalue weighted by Crippen LogP contribution is 2.21. The third-order valence-corrected chi connectivity index (χ3v) is 1.93. The van der Waals surface area contributed by atoms with E-state index in [1.165, 1.54) is 6.20 Å². The summed E-state index contributed by atoms with van der Waals surface area (Å²) in [7, 11) is 0. The van der Waals surface area contributed by atoms with Crippen molar-refractivity contribution in [3.63, 3.8) is 0 Å². The molecular formula is C10H6F2N2O. The van der Waals surface area contributed by atoms with Crippen LogP contribution in [0.25, 0.3) is 11.3 Å². The SMILES string of the molecule is O=Cc1ncc(-c2cc(F)ccc2F)[nH]1. The number of carbonyl (C=O) groups excluding carboxylic acids is 1. The van der Waals surface area contributed by atoms with E-state index < -0.39 is 11.6 Å². The standard InChI is InChI=1S/C10H6F2N2O/c11-6-1-2-8(12)7(3-6)9-4-13-10(5-15)14-9/h1-5H,(H,13,14). The Bertz CT molecular complexity index is 508. The fraction of sp³-hybridized carbons (Fsp3) is 0. The molecule has 0 bridgehead atoms. The average molecular weight is 208 g/mol. The molecule has 2 aromatic rings. The number of aldehydes is 1. The van der Waals surface area contributed by atoms with Crippen molar-refractivity contribution in [1.82, 2.24) is 9.97 Å². The van der Waals surface area contributed by atoms with Crippen molar-refractivity contribution in [3.05, 3.63) is 41.9 Å². The van der Waals surface area contributed by atoms with Gasteiger partial charge in [-0.2, -0.15) is 0 Å². The minimum atomic E-state index is -0.572. The number of carbonyl (C=O) groups is 1. The van der Waals surface area contributed by atoms with Crippen molar-refractivity contribution in [2.75, 3.05) is 0 Å². The van der Waals surface area contributed by atoms with Gasteiger partial charge in [0.25, 0.3) is 0 Å². The van der Waals surface area contributed by atoms with E-state index in [1.54, 1.807) is 0 Å². The maximum atomic E-state index is 13.3. The smallest absolute Gasteiger partial charge is 0.185 e. The van der Waals surface area contributed by atoms with Crippen LogP contribution in [0.4, 0.5) is 8.78 Å². The van der Waals surface area contributed by atoms with Gasteiger partial charge in [-0.15, -0.1) is 0 Å². The number of aromatic amines is 1. The van der Waals surface area contributed by atoms with Crippen molar-refractivity contribution in [1.29, 1.82) is 0 Å². The topological polar surface area (TPSA) is 45.8 Å². The van der Waals surface area contributed by atoms with E-state index in [1.807, 2.05) is 0 Å². The van der Waals surface area contributed by atoms with E-state index in [-0.39, 0.29) is 17.1 Å². The largest absolute Gasteiger partial charge is 0.336 e.